The van der Waals surface area contributed by atoms with Gasteiger partial charge in [0.25, 0.3) is 0 Å². The van der Waals surface area contributed by atoms with Crippen molar-refractivity contribution in [2.45, 2.75) is 19.8 Å². The van der Waals surface area contributed by atoms with Gasteiger partial charge < -0.3 is 5.11 Å². The van der Waals surface area contributed by atoms with Crippen LogP contribution in [0.25, 0.3) is 0 Å². The molecule has 2 nitrogen and oxygen atoms in total. The highest BCUT2D eigenvalue weighted by Gasteiger charge is 2.55. The first-order valence-electron chi connectivity index (χ1n) is 4.90. The van der Waals surface area contributed by atoms with Gasteiger partial charge in [0.05, 0.1) is 5.41 Å². The number of rotatable bonds is 3. The van der Waals surface area contributed by atoms with Gasteiger partial charge in [-0.1, -0.05) is 30.3 Å². The minimum atomic E-state index is -0.654. The number of carboxylic acids is 1. The smallest absolute Gasteiger partial charge is 0.309 e. The first kappa shape index (κ1) is 9.25. The third-order valence-corrected chi connectivity index (χ3v) is 3.22. The fraction of sp³-hybridized carbons (Fsp3) is 0.417. The molecule has 1 aromatic rings. The van der Waals surface area contributed by atoms with E-state index in [4.69, 9.17) is 5.11 Å². The zero-order valence-electron chi connectivity index (χ0n) is 8.23. The quantitative estimate of drug-likeness (QED) is 0.794. The Labute approximate surface area is 83.6 Å². The molecule has 1 aliphatic rings. The molecule has 1 N–H and O–H groups in total. The average Bonchev–Trinajstić information content (AvgIpc) is 2.80. The first-order valence-corrected chi connectivity index (χ1v) is 4.90. The lowest BCUT2D eigenvalue weighted by Gasteiger charge is -2.04. The zero-order valence-corrected chi connectivity index (χ0v) is 8.23. The van der Waals surface area contributed by atoms with Gasteiger partial charge >= 0.3 is 5.97 Å². The number of carboxylic acid groups (broad SMARTS) is 1. The van der Waals surface area contributed by atoms with E-state index < -0.39 is 11.4 Å². The van der Waals surface area contributed by atoms with Crippen LogP contribution in [0.3, 0.4) is 0 Å². The maximum Gasteiger partial charge on any atom is 0.309 e. The Morgan fingerprint density at radius 1 is 1.50 bits per heavy atom. The lowest BCUT2D eigenvalue weighted by Crippen LogP contribution is -2.13. The summed E-state index contributed by atoms with van der Waals surface area (Å²) < 4.78 is 0. The lowest BCUT2D eigenvalue weighted by molar-refractivity contribution is -0.143. The van der Waals surface area contributed by atoms with Gasteiger partial charge in [-0.25, -0.2) is 0 Å². The van der Waals surface area contributed by atoms with E-state index in [1.807, 2.05) is 25.1 Å². The third-order valence-electron chi connectivity index (χ3n) is 3.22. The lowest BCUT2D eigenvalue weighted by atomic mass is 10.0. The van der Waals surface area contributed by atoms with Crippen molar-refractivity contribution in [2.24, 2.45) is 11.3 Å². The Balaban J connectivity index is 2.00. The summed E-state index contributed by atoms with van der Waals surface area (Å²) in [5.74, 6) is -0.333. The minimum absolute atomic E-state index is 0.322. The van der Waals surface area contributed by atoms with Gasteiger partial charge in [0, 0.05) is 0 Å². The van der Waals surface area contributed by atoms with Crippen LogP contribution in [-0.4, -0.2) is 11.1 Å². The molecule has 2 atom stereocenters. The summed E-state index contributed by atoms with van der Waals surface area (Å²) in [6.45, 7) is 1.84. The maximum absolute atomic E-state index is 10.9. The fourth-order valence-corrected chi connectivity index (χ4v) is 1.91. The molecule has 0 saturated heterocycles. The number of hydrogen-bond acceptors (Lipinski definition) is 1. The molecular weight excluding hydrogens is 176 g/mol. The van der Waals surface area contributed by atoms with Gasteiger partial charge in [-0.15, -0.1) is 0 Å². The minimum Gasteiger partial charge on any atom is -0.481 e. The van der Waals surface area contributed by atoms with Crippen molar-refractivity contribution in [2.75, 3.05) is 0 Å². The number of aliphatic carboxylic acids is 1. The Hall–Kier alpha value is -1.31. The monoisotopic (exact) mass is 190 g/mol. The van der Waals surface area contributed by atoms with Crippen LogP contribution < -0.4 is 0 Å². The Morgan fingerprint density at radius 3 is 2.64 bits per heavy atom. The van der Waals surface area contributed by atoms with E-state index >= 15 is 0 Å². The highest BCUT2D eigenvalue weighted by molar-refractivity contribution is 5.78. The predicted octanol–water partition coefficient (Wildman–Crippen LogP) is 2.34. The second-order valence-electron chi connectivity index (χ2n) is 4.31. The highest BCUT2D eigenvalue weighted by Crippen LogP contribution is 2.53. The van der Waals surface area contributed by atoms with E-state index in [2.05, 4.69) is 12.1 Å². The third kappa shape index (κ3) is 1.52. The Kier molecular flexibility index (Phi) is 2.06. The van der Waals surface area contributed by atoms with Crippen molar-refractivity contribution in [1.82, 2.24) is 0 Å². The summed E-state index contributed by atoms with van der Waals surface area (Å²) in [6, 6.07) is 10.1. The van der Waals surface area contributed by atoms with E-state index in [-0.39, 0.29) is 0 Å². The van der Waals surface area contributed by atoms with E-state index in [9.17, 15) is 4.79 Å². The first-order chi connectivity index (χ1) is 6.63. The fourth-order valence-electron chi connectivity index (χ4n) is 1.91. The molecule has 1 aromatic carbocycles. The van der Waals surface area contributed by atoms with Gasteiger partial charge in [0.15, 0.2) is 0 Å². The Bertz CT molecular complexity index is 345. The van der Waals surface area contributed by atoms with E-state index in [0.29, 0.717) is 5.92 Å². The average molecular weight is 190 g/mol. The van der Waals surface area contributed by atoms with Crippen molar-refractivity contribution in [3.63, 3.8) is 0 Å². The van der Waals surface area contributed by atoms with Crippen LogP contribution in [0.5, 0.6) is 0 Å². The van der Waals surface area contributed by atoms with E-state index in [1.165, 1.54) is 5.56 Å². The van der Waals surface area contributed by atoms with Gasteiger partial charge in [-0.2, -0.15) is 0 Å². The molecule has 0 unspecified atom stereocenters. The van der Waals surface area contributed by atoms with Crippen molar-refractivity contribution in [3.05, 3.63) is 35.9 Å². The molecule has 1 saturated carbocycles. The molecular formula is C12H14O2. The van der Waals surface area contributed by atoms with Crippen LogP contribution in [0.4, 0.5) is 0 Å². The molecule has 0 aromatic heterocycles. The van der Waals surface area contributed by atoms with Crippen LogP contribution in [0.15, 0.2) is 30.3 Å². The number of benzene rings is 1. The summed E-state index contributed by atoms with van der Waals surface area (Å²) in [5, 5.41) is 8.96. The maximum atomic E-state index is 10.9. The van der Waals surface area contributed by atoms with E-state index in [0.717, 1.165) is 12.8 Å². The van der Waals surface area contributed by atoms with Crippen molar-refractivity contribution in [3.8, 4) is 0 Å². The van der Waals surface area contributed by atoms with Gasteiger partial charge in [-0.05, 0) is 31.2 Å². The molecule has 2 rings (SSSR count). The summed E-state index contributed by atoms with van der Waals surface area (Å²) in [7, 11) is 0. The van der Waals surface area contributed by atoms with Crippen LogP contribution in [0.1, 0.15) is 18.9 Å². The summed E-state index contributed by atoms with van der Waals surface area (Å²) in [6.07, 6.45) is 1.71. The summed E-state index contributed by atoms with van der Waals surface area (Å²) in [5.41, 5.74) is 0.776. The Morgan fingerprint density at radius 2 is 2.14 bits per heavy atom. The standard InChI is InChI=1S/C12H14O2/c1-12(11(13)14)8-10(12)7-9-5-3-2-4-6-9/h2-6,10H,7-8H2,1H3,(H,13,14)/t10-,12-/m0/s1. The zero-order chi connectivity index (χ0) is 10.2. The molecule has 0 spiro atoms. The molecule has 0 radical (unpaired) electrons. The molecule has 1 aliphatic carbocycles. The van der Waals surface area contributed by atoms with E-state index in [1.54, 1.807) is 0 Å². The number of carbonyl (C=O) groups is 1. The molecule has 0 heterocycles. The van der Waals surface area contributed by atoms with Crippen LogP contribution in [0.2, 0.25) is 0 Å². The SMILES string of the molecule is C[C@]1(C(=O)O)C[C@@H]1Cc1ccccc1. The molecule has 14 heavy (non-hydrogen) atoms. The second kappa shape index (κ2) is 3.12. The van der Waals surface area contributed by atoms with Crippen LogP contribution in [0, 0.1) is 11.3 Å². The molecule has 74 valence electrons. The predicted molar refractivity (Wildman–Crippen MR) is 54.0 cm³/mol. The molecule has 0 amide bonds. The van der Waals surface area contributed by atoms with Crippen LogP contribution in [-0.2, 0) is 11.2 Å². The molecule has 2 heteroatoms. The van der Waals surface area contributed by atoms with Crippen molar-refractivity contribution in [1.29, 1.82) is 0 Å². The summed E-state index contributed by atoms with van der Waals surface area (Å²) >= 11 is 0. The van der Waals surface area contributed by atoms with Crippen molar-refractivity contribution < 1.29 is 9.90 Å². The van der Waals surface area contributed by atoms with Gasteiger partial charge in [-0.3, -0.25) is 4.79 Å². The van der Waals surface area contributed by atoms with Gasteiger partial charge in [0.1, 0.15) is 0 Å². The topological polar surface area (TPSA) is 37.3 Å². The molecule has 1 fully saturated rings. The molecule has 0 bridgehead atoms. The largest absolute Gasteiger partial charge is 0.481 e. The summed E-state index contributed by atoms with van der Waals surface area (Å²) in [4.78, 5) is 10.9. The second-order valence-corrected chi connectivity index (χ2v) is 4.31. The highest BCUT2D eigenvalue weighted by atomic mass is 16.4. The normalized spacial score (nSPS) is 29.9. The number of hydrogen-bond donors (Lipinski definition) is 1. The van der Waals surface area contributed by atoms with Crippen molar-refractivity contribution >= 4 is 5.97 Å². The van der Waals surface area contributed by atoms with Crippen LogP contribution >= 0.6 is 0 Å². The molecule has 0 aliphatic heterocycles. The van der Waals surface area contributed by atoms with Gasteiger partial charge in [0.2, 0.25) is 0 Å².